The van der Waals surface area contributed by atoms with Crippen LogP contribution in [0.1, 0.15) is 0 Å². The lowest BCUT2D eigenvalue weighted by Crippen LogP contribution is -2.74. The van der Waals surface area contributed by atoms with Gasteiger partial charge in [-0.2, -0.15) is 0 Å². The van der Waals surface area contributed by atoms with Crippen molar-refractivity contribution in [1.29, 1.82) is 0 Å². The Hall–Kier alpha value is -8.96. The van der Waals surface area contributed by atoms with Gasteiger partial charge in [-0.3, -0.25) is 0 Å². The minimum atomic E-state index is -2.67. The second-order valence-corrected chi connectivity index (χ2v) is 22.3. The van der Waals surface area contributed by atoms with Gasteiger partial charge >= 0.3 is 0 Å². The molecule has 0 atom stereocenters. The van der Waals surface area contributed by atoms with Crippen molar-refractivity contribution in [3.05, 3.63) is 273 Å². The number of fused-ring (bicyclic) bond motifs is 9. The van der Waals surface area contributed by atoms with Crippen molar-refractivity contribution in [2.45, 2.75) is 0 Å². The molecule has 0 radical (unpaired) electrons. The van der Waals surface area contributed by atoms with Crippen LogP contribution >= 0.6 is 0 Å². The van der Waals surface area contributed by atoms with Crippen molar-refractivity contribution in [2.24, 2.45) is 0 Å². The van der Waals surface area contributed by atoms with E-state index in [0.29, 0.717) is 0 Å². The maximum Gasteiger partial charge on any atom is 0.179 e. The number of nitrogens with zero attached hydrogens (tertiary/aromatic N) is 3. The number of hydrogen-bond donors (Lipinski definition) is 0. The number of aromatic nitrogens is 3. The molecular formula is C66H45N3Si. The van der Waals surface area contributed by atoms with E-state index in [2.05, 4.69) is 287 Å². The molecule has 14 aromatic rings. The third-order valence-corrected chi connectivity index (χ3v) is 19.6. The average Bonchev–Trinajstić information content (AvgIpc) is 4.07. The predicted molar refractivity (Wildman–Crippen MR) is 299 cm³/mol. The molecule has 4 heteroatoms. The van der Waals surface area contributed by atoms with Gasteiger partial charge in [0.05, 0.1) is 33.1 Å². The number of benzene rings is 11. The van der Waals surface area contributed by atoms with E-state index in [9.17, 15) is 0 Å². The first kappa shape index (κ1) is 40.1. The maximum absolute atomic E-state index is 2.67. The van der Waals surface area contributed by atoms with Crippen LogP contribution in [-0.2, 0) is 0 Å². The van der Waals surface area contributed by atoms with Crippen molar-refractivity contribution in [2.75, 3.05) is 0 Å². The van der Waals surface area contributed by atoms with E-state index >= 15 is 0 Å². The van der Waals surface area contributed by atoms with Gasteiger partial charge in [-0.1, -0.05) is 194 Å². The van der Waals surface area contributed by atoms with Crippen molar-refractivity contribution in [1.82, 2.24) is 13.7 Å². The maximum atomic E-state index is 2.45. The van der Waals surface area contributed by atoms with Gasteiger partial charge in [-0.15, -0.1) is 0 Å². The molecule has 0 fully saturated rings. The van der Waals surface area contributed by atoms with Gasteiger partial charge in [0.15, 0.2) is 8.07 Å². The monoisotopic (exact) mass is 907 g/mol. The number of para-hydroxylation sites is 3. The van der Waals surface area contributed by atoms with E-state index in [0.717, 1.165) is 17.1 Å². The molecule has 0 bridgehead atoms. The molecular weight excluding hydrogens is 863 g/mol. The standard InChI is InChI=1S/C66H45N3Si/c1-5-19-46(20-6-1)47-33-40-64-58(43-47)55-27-13-17-31-62(55)68(64)49-37-42-66-60(45-49)57-29-15-18-32-63(57)69(66)50-36-41-65-59(44-50)56-28-14-16-30-61(56)67(65)48-34-38-54(39-35-48)70(51-21-7-2-8-22-51,52-23-9-3-10-24-52)53-25-11-4-12-26-53/h1-45H. The first-order valence-corrected chi connectivity index (χ1v) is 26.2. The first-order valence-electron chi connectivity index (χ1n) is 24.2. The Bertz CT molecular complexity index is 4170. The Kier molecular flexibility index (Phi) is 9.23. The summed E-state index contributed by atoms with van der Waals surface area (Å²) < 4.78 is 7.33. The zero-order chi connectivity index (χ0) is 46.2. The molecule has 0 spiro atoms. The molecule has 0 aliphatic rings. The summed E-state index contributed by atoms with van der Waals surface area (Å²) in [5.74, 6) is 0. The lowest BCUT2D eigenvalue weighted by molar-refractivity contribution is 1.16. The van der Waals surface area contributed by atoms with Gasteiger partial charge in [0, 0.05) is 49.4 Å². The molecule has 0 aliphatic carbocycles. The molecule has 3 aromatic heterocycles. The minimum Gasteiger partial charge on any atom is -0.309 e. The predicted octanol–water partition coefficient (Wildman–Crippen LogP) is 14.0. The first-order chi connectivity index (χ1) is 34.7. The molecule has 11 aromatic carbocycles. The molecule has 0 N–H and O–H groups in total. The highest BCUT2D eigenvalue weighted by atomic mass is 28.3. The van der Waals surface area contributed by atoms with E-state index in [1.54, 1.807) is 0 Å². The number of rotatable bonds is 8. The Morgan fingerprint density at radius 1 is 0.200 bits per heavy atom. The highest BCUT2D eigenvalue weighted by Crippen LogP contribution is 2.40. The van der Waals surface area contributed by atoms with Crippen LogP contribution in [0.3, 0.4) is 0 Å². The van der Waals surface area contributed by atoms with Crippen molar-refractivity contribution < 1.29 is 0 Å². The molecule has 328 valence electrons. The topological polar surface area (TPSA) is 14.8 Å². The molecule has 3 heterocycles. The summed E-state index contributed by atoms with van der Waals surface area (Å²) in [4.78, 5) is 0. The summed E-state index contributed by atoms with van der Waals surface area (Å²) >= 11 is 0. The molecule has 0 amide bonds. The summed E-state index contributed by atoms with van der Waals surface area (Å²) in [6, 6.07) is 101. The minimum absolute atomic E-state index is 1.14. The molecule has 0 aliphatic heterocycles. The molecule has 0 saturated carbocycles. The van der Waals surface area contributed by atoms with Crippen LogP contribution in [0.4, 0.5) is 0 Å². The second kappa shape index (κ2) is 16.1. The Morgan fingerprint density at radius 3 is 0.957 bits per heavy atom. The Balaban J connectivity index is 0.912. The zero-order valence-electron chi connectivity index (χ0n) is 38.3. The van der Waals surface area contributed by atoms with Gasteiger partial charge in [-0.05, 0) is 111 Å². The van der Waals surface area contributed by atoms with E-state index in [1.165, 1.54) is 97.3 Å². The summed E-state index contributed by atoms with van der Waals surface area (Å²) in [5, 5.41) is 12.9. The van der Waals surface area contributed by atoms with Crippen LogP contribution < -0.4 is 20.7 Å². The van der Waals surface area contributed by atoms with Gasteiger partial charge < -0.3 is 13.7 Å². The van der Waals surface area contributed by atoms with Crippen molar-refractivity contribution >= 4 is 94.2 Å². The Labute approximate surface area is 407 Å². The van der Waals surface area contributed by atoms with Gasteiger partial charge in [0.1, 0.15) is 0 Å². The fourth-order valence-electron chi connectivity index (χ4n) is 11.7. The normalized spacial score (nSPS) is 12.0. The second-order valence-electron chi connectivity index (χ2n) is 18.5. The van der Waals surface area contributed by atoms with Crippen LogP contribution in [0, 0.1) is 0 Å². The van der Waals surface area contributed by atoms with E-state index in [-0.39, 0.29) is 0 Å². The van der Waals surface area contributed by atoms with Crippen molar-refractivity contribution in [3.63, 3.8) is 0 Å². The lowest BCUT2D eigenvalue weighted by atomic mass is 10.0. The summed E-state index contributed by atoms with van der Waals surface area (Å²) in [6.45, 7) is 0. The van der Waals surface area contributed by atoms with E-state index in [1.807, 2.05) is 0 Å². The van der Waals surface area contributed by atoms with Crippen LogP contribution in [-0.4, -0.2) is 21.8 Å². The van der Waals surface area contributed by atoms with Gasteiger partial charge in [-0.25, -0.2) is 0 Å². The van der Waals surface area contributed by atoms with Crippen LogP contribution in [0.25, 0.3) is 93.6 Å². The number of hydrogen-bond acceptors (Lipinski definition) is 0. The van der Waals surface area contributed by atoms with E-state index < -0.39 is 8.07 Å². The van der Waals surface area contributed by atoms with Gasteiger partial charge in [0.2, 0.25) is 0 Å². The molecule has 0 unspecified atom stereocenters. The SMILES string of the molecule is c1ccc(-c2ccc3c(c2)c2ccccc2n3-c2ccc3c(c2)c2ccccc2n3-c2ccc3c(c2)c2ccccc2n3-c2ccc([Si](c3ccccc3)(c3ccccc3)c3ccccc3)cc2)cc1. The highest BCUT2D eigenvalue weighted by molar-refractivity contribution is 7.19. The quantitative estimate of drug-likeness (QED) is 0.107. The van der Waals surface area contributed by atoms with Crippen molar-refractivity contribution in [3.8, 4) is 28.2 Å². The summed E-state index contributed by atoms with van der Waals surface area (Å²) in [6.07, 6.45) is 0. The zero-order valence-corrected chi connectivity index (χ0v) is 39.3. The molecule has 3 nitrogen and oxygen atoms in total. The smallest absolute Gasteiger partial charge is 0.179 e. The average molecular weight is 908 g/mol. The third kappa shape index (κ3) is 6.07. The van der Waals surface area contributed by atoms with Crippen LogP contribution in [0.2, 0.25) is 0 Å². The fourth-order valence-corrected chi connectivity index (χ4v) is 16.5. The summed E-state index contributed by atoms with van der Waals surface area (Å²) in [5.41, 5.74) is 13.0. The van der Waals surface area contributed by atoms with Gasteiger partial charge in [0.25, 0.3) is 0 Å². The fraction of sp³-hybridized carbons (Fsp3) is 0. The van der Waals surface area contributed by atoms with E-state index in [4.69, 9.17) is 0 Å². The highest BCUT2D eigenvalue weighted by Gasteiger charge is 2.41. The third-order valence-electron chi connectivity index (χ3n) is 14.8. The molecule has 14 rings (SSSR count). The molecule has 70 heavy (non-hydrogen) atoms. The largest absolute Gasteiger partial charge is 0.309 e. The molecule has 0 saturated heterocycles. The lowest BCUT2D eigenvalue weighted by Gasteiger charge is -2.34. The van der Waals surface area contributed by atoms with Crippen LogP contribution in [0.5, 0.6) is 0 Å². The summed E-state index contributed by atoms with van der Waals surface area (Å²) in [7, 11) is -2.67. The Morgan fingerprint density at radius 2 is 0.514 bits per heavy atom. The van der Waals surface area contributed by atoms with Crippen LogP contribution in [0.15, 0.2) is 273 Å².